The first-order valence-corrected chi connectivity index (χ1v) is 6.31. The molecule has 16 heavy (non-hydrogen) atoms. The van der Waals surface area contributed by atoms with Crippen LogP contribution >= 0.6 is 15.9 Å². The number of nitrogens with zero attached hydrogens (tertiary/aromatic N) is 1. The number of aromatic nitrogens is 1. The Morgan fingerprint density at radius 1 is 1.62 bits per heavy atom. The van der Waals surface area contributed by atoms with Gasteiger partial charge in [-0.1, -0.05) is 6.92 Å². The molecule has 1 saturated carbocycles. The molecule has 0 aliphatic heterocycles. The lowest BCUT2D eigenvalue weighted by atomic mass is 10.2. The number of carbonyl (C=O) groups excluding carboxylic acids is 1. The van der Waals surface area contributed by atoms with Crippen LogP contribution < -0.4 is 0 Å². The average molecular weight is 284 g/mol. The van der Waals surface area contributed by atoms with Crippen molar-refractivity contribution in [3.05, 3.63) is 28.5 Å². The summed E-state index contributed by atoms with van der Waals surface area (Å²) in [5.74, 6) is 0.209. The van der Waals surface area contributed by atoms with Crippen molar-refractivity contribution >= 4 is 21.9 Å². The zero-order valence-electron chi connectivity index (χ0n) is 9.15. The third-order valence-electron chi connectivity index (χ3n) is 2.60. The maximum absolute atomic E-state index is 11.3. The van der Waals surface area contributed by atoms with E-state index in [4.69, 9.17) is 4.74 Å². The van der Waals surface area contributed by atoms with Crippen molar-refractivity contribution in [2.45, 2.75) is 38.2 Å². The summed E-state index contributed by atoms with van der Waals surface area (Å²) >= 11 is 3.34. The Morgan fingerprint density at radius 2 is 2.44 bits per heavy atom. The number of ether oxygens (including phenoxy) is 1. The predicted molar refractivity (Wildman–Crippen MR) is 64.1 cm³/mol. The Bertz CT molecular complexity index is 377. The van der Waals surface area contributed by atoms with Crippen molar-refractivity contribution in [3.8, 4) is 0 Å². The summed E-state index contributed by atoms with van der Waals surface area (Å²) < 4.78 is 6.28. The quantitative estimate of drug-likeness (QED) is 0.798. The predicted octanol–water partition coefficient (Wildman–Crippen LogP) is 3.04. The van der Waals surface area contributed by atoms with E-state index in [2.05, 4.69) is 20.9 Å². The largest absolute Gasteiger partial charge is 0.462 e. The van der Waals surface area contributed by atoms with Crippen LogP contribution in [-0.2, 0) is 9.53 Å². The van der Waals surface area contributed by atoms with E-state index in [1.165, 1.54) is 0 Å². The van der Waals surface area contributed by atoms with Crippen molar-refractivity contribution in [2.24, 2.45) is 0 Å². The lowest BCUT2D eigenvalue weighted by Gasteiger charge is -2.02. The molecule has 1 aromatic rings. The summed E-state index contributed by atoms with van der Waals surface area (Å²) in [4.78, 5) is 15.6. The summed E-state index contributed by atoms with van der Waals surface area (Å²) in [5, 5.41) is 0. The van der Waals surface area contributed by atoms with Crippen molar-refractivity contribution < 1.29 is 9.53 Å². The van der Waals surface area contributed by atoms with Gasteiger partial charge in [0, 0.05) is 28.7 Å². The van der Waals surface area contributed by atoms with Gasteiger partial charge in [-0.2, -0.15) is 0 Å². The van der Waals surface area contributed by atoms with Gasteiger partial charge >= 0.3 is 5.97 Å². The highest BCUT2D eigenvalue weighted by Gasteiger charge is 2.42. The van der Waals surface area contributed by atoms with E-state index in [0.29, 0.717) is 12.3 Å². The SMILES string of the molecule is CCCC(=O)OC1CC1c1ccc(Br)cn1. The highest BCUT2D eigenvalue weighted by atomic mass is 79.9. The van der Waals surface area contributed by atoms with E-state index in [0.717, 1.165) is 23.0 Å². The summed E-state index contributed by atoms with van der Waals surface area (Å²) in [6.45, 7) is 1.97. The fourth-order valence-electron chi connectivity index (χ4n) is 1.65. The van der Waals surface area contributed by atoms with Crippen LogP contribution in [0.4, 0.5) is 0 Å². The van der Waals surface area contributed by atoms with Crippen LogP contribution in [0, 0.1) is 0 Å². The van der Waals surface area contributed by atoms with Crippen LogP contribution in [0.2, 0.25) is 0 Å². The number of rotatable bonds is 4. The van der Waals surface area contributed by atoms with Gasteiger partial charge in [0.1, 0.15) is 6.10 Å². The molecule has 0 bridgehead atoms. The van der Waals surface area contributed by atoms with E-state index in [9.17, 15) is 4.79 Å². The van der Waals surface area contributed by atoms with Crippen LogP contribution in [0.5, 0.6) is 0 Å². The Balaban J connectivity index is 1.87. The smallest absolute Gasteiger partial charge is 0.306 e. The number of esters is 1. The van der Waals surface area contributed by atoms with Gasteiger partial charge in [-0.3, -0.25) is 9.78 Å². The summed E-state index contributed by atoms with van der Waals surface area (Å²) in [6, 6.07) is 3.94. The summed E-state index contributed by atoms with van der Waals surface area (Å²) in [5.41, 5.74) is 1.01. The second-order valence-corrected chi connectivity index (χ2v) is 4.94. The Hall–Kier alpha value is -0.900. The first-order valence-electron chi connectivity index (χ1n) is 5.51. The van der Waals surface area contributed by atoms with Crippen molar-refractivity contribution in [1.82, 2.24) is 4.98 Å². The molecule has 0 saturated heterocycles. The molecule has 1 aliphatic carbocycles. The van der Waals surface area contributed by atoms with Gasteiger partial charge < -0.3 is 4.74 Å². The maximum atomic E-state index is 11.3. The summed E-state index contributed by atoms with van der Waals surface area (Å²) in [7, 11) is 0. The van der Waals surface area contributed by atoms with Gasteiger partial charge in [0.15, 0.2) is 0 Å². The molecule has 0 radical (unpaired) electrons. The van der Waals surface area contributed by atoms with Gasteiger partial charge in [-0.05, 0) is 40.9 Å². The zero-order chi connectivity index (χ0) is 11.5. The van der Waals surface area contributed by atoms with Crippen LogP contribution in [0.25, 0.3) is 0 Å². The molecule has 0 amide bonds. The second kappa shape index (κ2) is 4.95. The molecule has 1 heterocycles. The van der Waals surface area contributed by atoms with E-state index in [1.807, 2.05) is 19.1 Å². The zero-order valence-corrected chi connectivity index (χ0v) is 10.7. The molecule has 4 heteroatoms. The molecule has 1 aliphatic rings. The topological polar surface area (TPSA) is 39.2 Å². The number of carbonyl (C=O) groups is 1. The molecule has 0 N–H and O–H groups in total. The maximum Gasteiger partial charge on any atom is 0.306 e. The lowest BCUT2D eigenvalue weighted by Crippen LogP contribution is -2.07. The van der Waals surface area contributed by atoms with Crippen molar-refractivity contribution in [2.75, 3.05) is 0 Å². The van der Waals surface area contributed by atoms with E-state index < -0.39 is 0 Å². The highest BCUT2D eigenvalue weighted by molar-refractivity contribution is 9.10. The monoisotopic (exact) mass is 283 g/mol. The standard InChI is InChI=1S/C12H14BrNO2/c1-2-3-12(15)16-11-6-9(11)10-5-4-8(13)7-14-10/h4-5,7,9,11H,2-3,6H2,1H3. The molecule has 1 aromatic heterocycles. The molecule has 2 unspecified atom stereocenters. The van der Waals surface area contributed by atoms with Crippen LogP contribution in [-0.4, -0.2) is 17.1 Å². The minimum absolute atomic E-state index is 0.0488. The minimum atomic E-state index is -0.0906. The Morgan fingerprint density at radius 3 is 3.06 bits per heavy atom. The van der Waals surface area contributed by atoms with Gasteiger partial charge in [0.05, 0.1) is 0 Å². The molecule has 0 spiro atoms. The lowest BCUT2D eigenvalue weighted by molar-refractivity contribution is -0.145. The van der Waals surface area contributed by atoms with Gasteiger partial charge in [0.25, 0.3) is 0 Å². The molecular formula is C12H14BrNO2. The molecule has 86 valence electrons. The Kier molecular flexibility index (Phi) is 3.59. The number of pyridine rings is 1. The molecule has 0 aromatic carbocycles. The number of hydrogen-bond donors (Lipinski definition) is 0. The minimum Gasteiger partial charge on any atom is -0.462 e. The first-order chi connectivity index (χ1) is 7.70. The summed E-state index contributed by atoms with van der Waals surface area (Å²) in [6.07, 6.45) is 4.08. The highest BCUT2D eigenvalue weighted by Crippen LogP contribution is 2.42. The van der Waals surface area contributed by atoms with Crippen LogP contribution in [0.3, 0.4) is 0 Å². The van der Waals surface area contributed by atoms with Crippen LogP contribution in [0.1, 0.15) is 37.8 Å². The second-order valence-electron chi connectivity index (χ2n) is 4.02. The Labute approximate surface area is 103 Å². The van der Waals surface area contributed by atoms with E-state index >= 15 is 0 Å². The van der Waals surface area contributed by atoms with Gasteiger partial charge in [0.2, 0.25) is 0 Å². The number of halogens is 1. The van der Waals surface area contributed by atoms with Gasteiger partial charge in [-0.25, -0.2) is 0 Å². The third kappa shape index (κ3) is 2.82. The van der Waals surface area contributed by atoms with Crippen molar-refractivity contribution in [1.29, 1.82) is 0 Å². The average Bonchev–Trinajstić information content (AvgIpc) is 2.98. The fraction of sp³-hybridized carbons (Fsp3) is 0.500. The molecule has 2 rings (SSSR count). The van der Waals surface area contributed by atoms with E-state index in [-0.39, 0.29) is 12.1 Å². The van der Waals surface area contributed by atoms with E-state index in [1.54, 1.807) is 6.20 Å². The molecule has 3 nitrogen and oxygen atoms in total. The normalized spacial score (nSPS) is 22.9. The number of hydrogen-bond acceptors (Lipinski definition) is 3. The fourth-order valence-corrected chi connectivity index (χ4v) is 1.89. The third-order valence-corrected chi connectivity index (χ3v) is 3.07. The molecular weight excluding hydrogens is 270 g/mol. The first kappa shape index (κ1) is 11.6. The van der Waals surface area contributed by atoms with Gasteiger partial charge in [-0.15, -0.1) is 0 Å². The molecule has 1 fully saturated rings. The van der Waals surface area contributed by atoms with Crippen molar-refractivity contribution in [3.63, 3.8) is 0 Å². The molecule has 2 atom stereocenters. The van der Waals surface area contributed by atoms with Crippen LogP contribution in [0.15, 0.2) is 22.8 Å².